The molecule has 0 saturated carbocycles. The fourth-order valence-electron chi connectivity index (χ4n) is 1.70. The molecule has 2 rings (SSSR count). The molecule has 0 radical (unpaired) electrons. The zero-order chi connectivity index (χ0) is 12.8. The van der Waals surface area contributed by atoms with Gasteiger partial charge in [-0.05, 0) is 6.07 Å². The van der Waals surface area contributed by atoms with Crippen LogP contribution < -0.4 is 5.46 Å². The van der Waals surface area contributed by atoms with Gasteiger partial charge in [0.15, 0.2) is 0 Å². The van der Waals surface area contributed by atoms with Crippen LogP contribution in [0.25, 0.3) is 11.0 Å². The zero-order valence-electron chi connectivity index (χ0n) is 8.73. The second kappa shape index (κ2) is 3.74. The number of fused-ring (bicyclic) bond motifs is 1. The summed E-state index contributed by atoms with van der Waals surface area (Å²) >= 11 is 0. The molecule has 1 aromatic heterocycles. The van der Waals surface area contributed by atoms with Crippen LogP contribution in [0.3, 0.4) is 0 Å². The van der Waals surface area contributed by atoms with Gasteiger partial charge in [-0.1, -0.05) is 12.1 Å². The van der Waals surface area contributed by atoms with Gasteiger partial charge >= 0.3 is 13.3 Å². The van der Waals surface area contributed by atoms with E-state index in [0.717, 1.165) is 4.57 Å². The van der Waals surface area contributed by atoms with Crippen molar-refractivity contribution < 1.29 is 23.2 Å². The Kier molecular flexibility index (Phi) is 2.63. The molecule has 0 saturated heterocycles. The first-order chi connectivity index (χ1) is 7.82. The lowest BCUT2D eigenvalue weighted by Crippen LogP contribution is -2.30. The van der Waals surface area contributed by atoms with Gasteiger partial charge in [-0.15, -0.1) is 0 Å². The van der Waals surface area contributed by atoms with E-state index in [1.165, 1.54) is 25.2 Å². The van der Waals surface area contributed by atoms with Crippen LogP contribution in [0.5, 0.6) is 0 Å². The molecule has 0 aliphatic heterocycles. The molecule has 1 aromatic carbocycles. The monoisotopic (exact) mass is 244 g/mol. The van der Waals surface area contributed by atoms with Gasteiger partial charge in [0.1, 0.15) is 0 Å². The van der Waals surface area contributed by atoms with Crippen molar-refractivity contribution in [2.24, 2.45) is 7.05 Å². The summed E-state index contributed by atoms with van der Waals surface area (Å²) in [7, 11) is -0.624. The van der Waals surface area contributed by atoms with Gasteiger partial charge in [-0.3, -0.25) is 0 Å². The Morgan fingerprint density at radius 3 is 2.47 bits per heavy atom. The van der Waals surface area contributed by atoms with E-state index in [-0.39, 0.29) is 16.5 Å². The first kappa shape index (κ1) is 11.9. The molecule has 0 spiro atoms. The first-order valence-corrected chi connectivity index (χ1v) is 4.71. The van der Waals surface area contributed by atoms with Crippen LogP contribution in [0.2, 0.25) is 0 Å². The lowest BCUT2D eigenvalue weighted by atomic mass is 9.79. The van der Waals surface area contributed by atoms with Crippen molar-refractivity contribution in [3.8, 4) is 0 Å². The van der Waals surface area contributed by atoms with Crippen LogP contribution in [0.4, 0.5) is 13.2 Å². The molecule has 0 unspecified atom stereocenters. The van der Waals surface area contributed by atoms with Crippen molar-refractivity contribution in [2.45, 2.75) is 6.18 Å². The summed E-state index contributed by atoms with van der Waals surface area (Å²) in [5.74, 6) is -1.07. The molecule has 4 nitrogen and oxygen atoms in total. The van der Waals surface area contributed by atoms with E-state index in [0.29, 0.717) is 0 Å². The van der Waals surface area contributed by atoms with Gasteiger partial charge in [0.05, 0.1) is 11.0 Å². The van der Waals surface area contributed by atoms with Crippen molar-refractivity contribution in [1.82, 2.24) is 9.55 Å². The van der Waals surface area contributed by atoms with E-state index in [2.05, 4.69) is 4.98 Å². The highest BCUT2D eigenvalue weighted by Crippen LogP contribution is 2.30. The molecule has 0 atom stereocenters. The topological polar surface area (TPSA) is 58.3 Å². The van der Waals surface area contributed by atoms with Crippen LogP contribution in [0.15, 0.2) is 18.2 Å². The van der Waals surface area contributed by atoms with Crippen molar-refractivity contribution in [3.63, 3.8) is 0 Å². The lowest BCUT2D eigenvalue weighted by molar-refractivity contribution is -0.146. The minimum Gasteiger partial charge on any atom is -0.423 e. The Labute approximate surface area is 94.5 Å². The number of aromatic nitrogens is 2. The maximum atomic E-state index is 12.6. The van der Waals surface area contributed by atoms with E-state index < -0.39 is 19.1 Å². The predicted molar refractivity (Wildman–Crippen MR) is 55.5 cm³/mol. The van der Waals surface area contributed by atoms with Crippen molar-refractivity contribution in [2.75, 3.05) is 0 Å². The Bertz CT molecular complexity index is 565. The molecule has 0 amide bonds. The zero-order valence-corrected chi connectivity index (χ0v) is 8.73. The molecule has 2 aromatic rings. The summed E-state index contributed by atoms with van der Waals surface area (Å²) in [6, 6.07) is 4.20. The normalized spacial score (nSPS) is 12.1. The number of aryl methyl sites for hydroxylation is 1. The average Bonchev–Trinajstić information content (AvgIpc) is 2.55. The quantitative estimate of drug-likeness (QED) is 0.708. The van der Waals surface area contributed by atoms with Crippen LogP contribution >= 0.6 is 0 Å². The molecule has 0 aliphatic rings. The number of rotatable bonds is 1. The predicted octanol–water partition coefficient (Wildman–Crippen LogP) is 0.272. The van der Waals surface area contributed by atoms with E-state index >= 15 is 0 Å². The second-order valence-corrected chi connectivity index (χ2v) is 3.58. The number of para-hydroxylation sites is 1. The molecule has 17 heavy (non-hydrogen) atoms. The Balaban J connectivity index is 2.78. The van der Waals surface area contributed by atoms with Crippen LogP contribution in [-0.4, -0.2) is 26.7 Å². The first-order valence-electron chi connectivity index (χ1n) is 4.71. The molecule has 90 valence electrons. The largest absolute Gasteiger partial charge is 0.490 e. The molecular formula is C9H8BF3N2O2. The van der Waals surface area contributed by atoms with E-state index in [9.17, 15) is 13.2 Å². The summed E-state index contributed by atoms with van der Waals surface area (Å²) in [4.78, 5) is 3.42. The Morgan fingerprint density at radius 1 is 1.29 bits per heavy atom. The van der Waals surface area contributed by atoms with Crippen molar-refractivity contribution in [3.05, 3.63) is 24.0 Å². The number of nitrogens with zero attached hydrogens (tertiary/aromatic N) is 2. The number of halogens is 3. The summed E-state index contributed by atoms with van der Waals surface area (Å²) in [5, 5.41) is 18.1. The van der Waals surface area contributed by atoms with E-state index in [1.807, 2.05) is 0 Å². The number of alkyl halides is 3. The number of imidazole rings is 1. The van der Waals surface area contributed by atoms with Crippen molar-refractivity contribution in [1.29, 1.82) is 0 Å². The van der Waals surface area contributed by atoms with Gasteiger partial charge in [0.25, 0.3) is 0 Å². The van der Waals surface area contributed by atoms with Crippen molar-refractivity contribution >= 4 is 23.6 Å². The van der Waals surface area contributed by atoms with Gasteiger partial charge in [0.2, 0.25) is 5.82 Å². The smallest absolute Gasteiger partial charge is 0.423 e. The fraction of sp³-hybridized carbons (Fsp3) is 0.222. The number of hydrogen-bond acceptors (Lipinski definition) is 3. The third-order valence-electron chi connectivity index (χ3n) is 2.47. The van der Waals surface area contributed by atoms with Crippen LogP contribution in [0.1, 0.15) is 5.82 Å². The highest BCUT2D eigenvalue weighted by molar-refractivity contribution is 6.61. The maximum Gasteiger partial charge on any atom is 0.490 e. The standard InChI is InChI=1S/C9H8BF3N2O2/c1-15-6-4-2-3-5(10(16)17)7(6)14-8(15)9(11,12)13/h2-4,16-17H,1H3. The molecule has 2 N–H and O–H groups in total. The minimum atomic E-state index is -4.58. The Hall–Kier alpha value is -1.54. The summed E-state index contributed by atoms with van der Waals surface area (Å²) in [6.07, 6.45) is -4.58. The van der Waals surface area contributed by atoms with Crippen LogP contribution in [-0.2, 0) is 13.2 Å². The Morgan fingerprint density at radius 2 is 1.94 bits per heavy atom. The average molecular weight is 244 g/mol. The van der Waals surface area contributed by atoms with E-state index in [1.54, 1.807) is 0 Å². The highest BCUT2D eigenvalue weighted by Gasteiger charge is 2.37. The molecule has 0 fully saturated rings. The van der Waals surface area contributed by atoms with Gasteiger partial charge in [0, 0.05) is 12.5 Å². The molecule has 0 bridgehead atoms. The molecule has 0 aliphatic carbocycles. The SMILES string of the molecule is Cn1c(C(F)(F)F)nc2c(B(O)O)cccc21. The summed E-state index contributed by atoms with van der Waals surface area (Å²) in [5.41, 5.74) is 0.0915. The van der Waals surface area contributed by atoms with Gasteiger partial charge < -0.3 is 14.6 Å². The minimum absolute atomic E-state index is 0.0476. The lowest BCUT2D eigenvalue weighted by Gasteiger charge is -2.05. The number of benzene rings is 1. The summed E-state index contributed by atoms with van der Waals surface area (Å²) < 4.78 is 38.7. The van der Waals surface area contributed by atoms with Gasteiger partial charge in [-0.2, -0.15) is 13.2 Å². The second-order valence-electron chi connectivity index (χ2n) is 3.58. The van der Waals surface area contributed by atoms with E-state index in [4.69, 9.17) is 10.0 Å². The van der Waals surface area contributed by atoms with Gasteiger partial charge in [-0.25, -0.2) is 4.98 Å². The molecule has 1 heterocycles. The third kappa shape index (κ3) is 1.89. The highest BCUT2D eigenvalue weighted by atomic mass is 19.4. The number of hydrogen-bond donors (Lipinski definition) is 2. The maximum absolute atomic E-state index is 12.6. The molecule has 8 heteroatoms. The third-order valence-corrected chi connectivity index (χ3v) is 2.47. The van der Waals surface area contributed by atoms with Crippen LogP contribution in [0, 0.1) is 0 Å². The molecular weight excluding hydrogens is 236 g/mol. The fourth-order valence-corrected chi connectivity index (χ4v) is 1.70. The summed E-state index contributed by atoms with van der Waals surface area (Å²) in [6.45, 7) is 0.